The van der Waals surface area contributed by atoms with Crippen LogP contribution in [0.4, 0.5) is 5.69 Å². The number of pyridine rings is 2. The Bertz CT molecular complexity index is 1300. The normalized spacial score (nSPS) is 11.2. The number of rotatable bonds is 8. The van der Waals surface area contributed by atoms with Crippen molar-refractivity contribution >= 4 is 39.9 Å². The van der Waals surface area contributed by atoms with E-state index in [1.807, 2.05) is 29.3 Å². The van der Waals surface area contributed by atoms with Crippen LogP contribution in [0.25, 0.3) is 22.2 Å². The smallest absolute Gasteiger partial charge is 0.251 e. The summed E-state index contributed by atoms with van der Waals surface area (Å²) in [6.07, 6.45) is 5.37. The van der Waals surface area contributed by atoms with E-state index < -0.39 is 0 Å². The first-order valence-corrected chi connectivity index (χ1v) is 10.9. The van der Waals surface area contributed by atoms with E-state index in [1.54, 1.807) is 35.2 Å². The second-order valence-corrected chi connectivity index (χ2v) is 8.24. The van der Waals surface area contributed by atoms with Crippen molar-refractivity contribution in [3.63, 3.8) is 0 Å². The van der Waals surface area contributed by atoms with E-state index in [0.29, 0.717) is 36.2 Å². The topological polar surface area (TPSA) is 100 Å². The molecule has 0 radical (unpaired) electrons. The second-order valence-electron chi connectivity index (χ2n) is 7.42. The van der Waals surface area contributed by atoms with Crippen LogP contribution in [0.2, 0.25) is 10.0 Å². The SMILES string of the molecule is NCCN(CCO)c1cnc2[nH]cc(-c3ccn(Cc4ccc(Cl)c(Cl)c4)c(=O)c3)c2c1. The number of nitrogens with two attached hydrogens (primary N) is 1. The van der Waals surface area contributed by atoms with Gasteiger partial charge in [0.1, 0.15) is 5.65 Å². The van der Waals surface area contributed by atoms with E-state index in [0.717, 1.165) is 33.4 Å². The van der Waals surface area contributed by atoms with Crippen molar-refractivity contribution in [1.82, 2.24) is 14.5 Å². The van der Waals surface area contributed by atoms with Crippen molar-refractivity contribution < 1.29 is 5.11 Å². The van der Waals surface area contributed by atoms with E-state index >= 15 is 0 Å². The Morgan fingerprint density at radius 3 is 2.69 bits per heavy atom. The molecule has 4 aromatic rings. The minimum Gasteiger partial charge on any atom is -0.395 e. The van der Waals surface area contributed by atoms with Crippen LogP contribution in [0.5, 0.6) is 0 Å². The maximum atomic E-state index is 12.8. The van der Waals surface area contributed by atoms with Gasteiger partial charge < -0.3 is 25.3 Å². The minimum absolute atomic E-state index is 0.0229. The number of aromatic nitrogens is 3. The van der Waals surface area contributed by atoms with Crippen LogP contribution < -0.4 is 16.2 Å². The van der Waals surface area contributed by atoms with Crippen LogP contribution in [0.1, 0.15) is 5.56 Å². The summed E-state index contributed by atoms with van der Waals surface area (Å²) in [5.74, 6) is 0. The number of aromatic amines is 1. The van der Waals surface area contributed by atoms with Gasteiger partial charge in [0.05, 0.1) is 35.1 Å². The zero-order chi connectivity index (χ0) is 22.7. The summed E-state index contributed by atoms with van der Waals surface area (Å²) in [7, 11) is 0. The molecule has 0 unspecified atom stereocenters. The highest BCUT2D eigenvalue weighted by molar-refractivity contribution is 6.42. The summed E-state index contributed by atoms with van der Waals surface area (Å²) in [5, 5.41) is 11.2. The van der Waals surface area contributed by atoms with Crippen molar-refractivity contribution in [3.05, 3.63) is 81.0 Å². The van der Waals surface area contributed by atoms with Gasteiger partial charge in [0.2, 0.25) is 0 Å². The summed E-state index contributed by atoms with van der Waals surface area (Å²) in [4.78, 5) is 22.4. The van der Waals surface area contributed by atoms with Crippen LogP contribution in [0.3, 0.4) is 0 Å². The van der Waals surface area contributed by atoms with E-state index in [4.69, 9.17) is 28.9 Å². The summed E-state index contributed by atoms with van der Waals surface area (Å²) in [5.41, 5.74) is 9.73. The number of anilines is 1. The lowest BCUT2D eigenvalue weighted by Gasteiger charge is -2.22. The molecule has 0 bridgehead atoms. The van der Waals surface area contributed by atoms with Gasteiger partial charge in [-0.25, -0.2) is 4.98 Å². The Labute approximate surface area is 195 Å². The molecule has 32 heavy (non-hydrogen) atoms. The molecule has 0 atom stereocenters. The first-order valence-electron chi connectivity index (χ1n) is 10.2. The molecule has 0 amide bonds. The van der Waals surface area contributed by atoms with Gasteiger partial charge in [-0.3, -0.25) is 4.79 Å². The molecule has 3 heterocycles. The molecular formula is C23H23Cl2N5O2. The molecule has 9 heteroatoms. The quantitative estimate of drug-likeness (QED) is 0.365. The molecule has 0 saturated carbocycles. The van der Waals surface area contributed by atoms with Crippen molar-refractivity contribution in [2.75, 3.05) is 31.1 Å². The minimum atomic E-state index is -0.128. The monoisotopic (exact) mass is 471 g/mol. The molecule has 0 spiro atoms. The summed E-state index contributed by atoms with van der Waals surface area (Å²) < 4.78 is 1.62. The standard InChI is InChI=1S/C23H23Cl2N5O2/c24-20-2-1-15(9-21(20)25)14-30-5-3-16(10-22(30)32)19-13-28-23-18(19)11-17(12-27-23)29(6-4-26)7-8-31/h1-3,5,9-13,31H,4,6-8,14,26H2,(H,27,28). The maximum absolute atomic E-state index is 12.8. The van der Waals surface area contributed by atoms with Gasteiger partial charge in [-0.1, -0.05) is 29.3 Å². The van der Waals surface area contributed by atoms with Crippen LogP contribution in [-0.2, 0) is 6.54 Å². The molecule has 166 valence electrons. The van der Waals surface area contributed by atoms with Gasteiger partial charge in [-0.05, 0) is 35.4 Å². The zero-order valence-electron chi connectivity index (χ0n) is 17.3. The van der Waals surface area contributed by atoms with E-state index in [1.165, 1.54) is 0 Å². The molecule has 0 aliphatic carbocycles. The molecule has 0 aliphatic heterocycles. The zero-order valence-corrected chi connectivity index (χ0v) is 18.8. The van der Waals surface area contributed by atoms with E-state index in [-0.39, 0.29) is 12.2 Å². The van der Waals surface area contributed by atoms with Crippen LogP contribution in [0, 0.1) is 0 Å². The lowest BCUT2D eigenvalue weighted by Crippen LogP contribution is -2.32. The van der Waals surface area contributed by atoms with Crippen LogP contribution >= 0.6 is 23.2 Å². The van der Waals surface area contributed by atoms with E-state index in [2.05, 4.69) is 9.97 Å². The Morgan fingerprint density at radius 1 is 1.12 bits per heavy atom. The number of hydrogen-bond acceptors (Lipinski definition) is 5. The predicted octanol–water partition coefficient (Wildman–Crippen LogP) is 3.50. The highest BCUT2D eigenvalue weighted by Gasteiger charge is 2.13. The number of aliphatic hydroxyl groups excluding tert-OH is 1. The van der Waals surface area contributed by atoms with Crippen molar-refractivity contribution in [2.24, 2.45) is 5.73 Å². The summed E-state index contributed by atoms with van der Waals surface area (Å²) in [6.45, 7) is 1.96. The van der Waals surface area contributed by atoms with Gasteiger partial charge in [0.25, 0.3) is 5.56 Å². The molecule has 0 fully saturated rings. The molecule has 1 aromatic carbocycles. The molecule has 4 rings (SSSR count). The first-order chi connectivity index (χ1) is 15.5. The molecule has 7 nitrogen and oxygen atoms in total. The Morgan fingerprint density at radius 2 is 1.97 bits per heavy atom. The highest BCUT2D eigenvalue weighted by Crippen LogP contribution is 2.30. The lowest BCUT2D eigenvalue weighted by atomic mass is 10.1. The predicted molar refractivity (Wildman–Crippen MR) is 130 cm³/mol. The summed E-state index contributed by atoms with van der Waals surface area (Å²) >= 11 is 12.1. The number of nitrogens with zero attached hydrogens (tertiary/aromatic N) is 3. The molecule has 0 saturated heterocycles. The van der Waals surface area contributed by atoms with Gasteiger partial charge >= 0.3 is 0 Å². The van der Waals surface area contributed by atoms with Crippen LogP contribution in [-0.4, -0.2) is 45.9 Å². The van der Waals surface area contributed by atoms with E-state index in [9.17, 15) is 9.90 Å². The maximum Gasteiger partial charge on any atom is 0.251 e. The Kier molecular flexibility index (Phi) is 6.81. The Balaban J connectivity index is 1.66. The largest absolute Gasteiger partial charge is 0.395 e. The highest BCUT2D eigenvalue weighted by atomic mass is 35.5. The Hall–Kier alpha value is -2.84. The van der Waals surface area contributed by atoms with Gasteiger partial charge in [0, 0.05) is 49.0 Å². The van der Waals surface area contributed by atoms with Crippen LogP contribution in [0.15, 0.2) is 59.8 Å². The van der Waals surface area contributed by atoms with Gasteiger partial charge in [-0.15, -0.1) is 0 Å². The second kappa shape index (κ2) is 9.75. The van der Waals surface area contributed by atoms with Crippen molar-refractivity contribution in [3.8, 4) is 11.1 Å². The number of hydrogen-bond donors (Lipinski definition) is 3. The number of benzene rings is 1. The average Bonchev–Trinajstić information content (AvgIpc) is 3.21. The third kappa shape index (κ3) is 4.66. The van der Waals surface area contributed by atoms with Crippen molar-refractivity contribution in [1.29, 1.82) is 0 Å². The number of aliphatic hydroxyl groups is 1. The lowest BCUT2D eigenvalue weighted by molar-refractivity contribution is 0.302. The average molecular weight is 472 g/mol. The third-order valence-electron chi connectivity index (χ3n) is 5.29. The fraction of sp³-hybridized carbons (Fsp3) is 0.217. The molecule has 4 N–H and O–H groups in total. The first kappa shape index (κ1) is 22.4. The fourth-order valence-electron chi connectivity index (χ4n) is 3.69. The fourth-order valence-corrected chi connectivity index (χ4v) is 4.01. The number of H-pyrrole nitrogens is 1. The number of nitrogens with one attached hydrogen (secondary N) is 1. The molecule has 0 aliphatic rings. The summed E-state index contributed by atoms with van der Waals surface area (Å²) in [6, 6.07) is 10.8. The number of fused-ring (bicyclic) bond motifs is 1. The van der Waals surface area contributed by atoms with Gasteiger partial charge in [0.15, 0.2) is 0 Å². The number of halogens is 2. The van der Waals surface area contributed by atoms with Gasteiger partial charge in [-0.2, -0.15) is 0 Å². The third-order valence-corrected chi connectivity index (χ3v) is 6.03. The molecule has 3 aromatic heterocycles. The van der Waals surface area contributed by atoms with Crippen molar-refractivity contribution in [2.45, 2.75) is 6.54 Å². The molecular weight excluding hydrogens is 449 g/mol.